The molecule has 2 aromatic rings. The molecule has 0 aliphatic heterocycles. The van der Waals surface area contributed by atoms with Gasteiger partial charge in [-0.15, -0.1) is 0 Å². The molecule has 0 spiro atoms. The first-order valence-electron chi connectivity index (χ1n) is 7.93. The minimum Gasteiger partial charge on any atom is -0.310 e. The summed E-state index contributed by atoms with van der Waals surface area (Å²) in [4.78, 5) is 4.63. The fraction of sp³-hybridized carbons (Fsp3) is 0.421. The molecular formula is C19H24N2. The normalized spacial score (nSPS) is 15.9. The zero-order valence-electron chi connectivity index (χ0n) is 13.2. The zero-order chi connectivity index (χ0) is 14.8. The maximum absolute atomic E-state index is 4.63. The van der Waals surface area contributed by atoms with Gasteiger partial charge in [-0.05, 0) is 43.4 Å². The first kappa shape index (κ1) is 14.3. The number of fused-ring (bicyclic) bond motifs is 1. The maximum Gasteiger partial charge on any atom is 0.0711 e. The molecule has 1 heterocycles. The third-order valence-electron chi connectivity index (χ3n) is 4.13. The Labute approximate surface area is 127 Å². The van der Waals surface area contributed by atoms with Crippen molar-refractivity contribution in [3.8, 4) is 0 Å². The van der Waals surface area contributed by atoms with E-state index in [0.717, 1.165) is 23.8 Å². The van der Waals surface area contributed by atoms with Gasteiger partial charge in [0.25, 0.3) is 0 Å². The molecule has 2 nitrogen and oxygen atoms in total. The van der Waals surface area contributed by atoms with Crippen molar-refractivity contribution in [2.75, 3.05) is 6.54 Å². The van der Waals surface area contributed by atoms with E-state index in [4.69, 9.17) is 0 Å². The van der Waals surface area contributed by atoms with E-state index in [1.807, 2.05) is 0 Å². The highest BCUT2D eigenvalue weighted by Crippen LogP contribution is 2.24. The monoisotopic (exact) mass is 280 g/mol. The smallest absolute Gasteiger partial charge is 0.0711 e. The van der Waals surface area contributed by atoms with E-state index in [9.17, 15) is 0 Å². The molecule has 1 aromatic heterocycles. The van der Waals surface area contributed by atoms with Gasteiger partial charge in [0.05, 0.1) is 5.52 Å². The molecular weight excluding hydrogens is 256 g/mol. The molecule has 2 heteroatoms. The molecule has 0 atom stereocenters. The third kappa shape index (κ3) is 3.51. The lowest BCUT2D eigenvalue weighted by Crippen LogP contribution is -2.21. The molecule has 0 amide bonds. The summed E-state index contributed by atoms with van der Waals surface area (Å²) in [5.74, 6) is 0.559. The van der Waals surface area contributed by atoms with Gasteiger partial charge < -0.3 is 5.32 Å². The Morgan fingerprint density at radius 2 is 2.10 bits per heavy atom. The zero-order valence-corrected chi connectivity index (χ0v) is 13.2. The van der Waals surface area contributed by atoms with Crippen LogP contribution in [0.4, 0.5) is 0 Å². The largest absolute Gasteiger partial charge is 0.310 e. The Balaban J connectivity index is 1.97. The number of hydrogen-bond donors (Lipinski definition) is 1. The number of aromatic nitrogens is 1. The first-order chi connectivity index (χ1) is 10.1. The second-order valence-electron chi connectivity index (χ2n) is 6.40. The Hall–Kier alpha value is -1.67. The van der Waals surface area contributed by atoms with Gasteiger partial charge in [-0.3, -0.25) is 4.98 Å². The molecule has 110 valence electrons. The predicted octanol–water partition coefficient (Wildman–Crippen LogP) is 4.33. The number of benzene rings is 1. The topological polar surface area (TPSA) is 24.9 Å². The molecule has 0 radical (unpaired) electrons. The summed E-state index contributed by atoms with van der Waals surface area (Å²) in [5, 5.41) is 4.88. The molecule has 1 aliphatic carbocycles. The second kappa shape index (κ2) is 5.98. The van der Waals surface area contributed by atoms with Crippen molar-refractivity contribution in [3.63, 3.8) is 0 Å². The molecule has 1 fully saturated rings. The van der Waals surface area contributed by atoms with Gasteiger partial charge in [0, 0.05) is 23.7 Å². The Morgan fingerprint density at radius 1 is 1.33 bits per heavy atom. The summed E-state index contributed by atoms with van der Waals surface area (Å²) < 4.78 is 0. The minimum atomic E-state index is 0.559. The number of aryl methyl sites for hydroxylation is 1. The van der Waals surface area contributed by atoms with Crippen LogP contribution in [0.2, 0.25) is 0 Å². The van der Waals surface area contributed by atoms with Gasteiger partial charge in [0.2, 0.25) is 0 Å². The van der Waals surface area contributed by atoms with E-state index in [-0.39, 0.29) is 0 Å². The summed E-state index contributed by atoms with van der Waals surface area (Å²) in [6.45, 7) is 7.62. The van der Waals surface area contributed by atoms with Gasteiger partial charge in [-0.2, -0.15) is 0 Å². The lowest BCUT2D eigenvalue weighted by atomic mass is 9.98. The number of para-hydroxylation sites is 1. The summed E-state index contributed by atoms with van der Waals surface area (Å²) in [6, 6.07) is 11.4. The average molecular weight is 280 g/mol. The van der Waals surface area contributed by atoms with Crippen molar-refractivity contribution >= 4 is 17.0 Å². The van der Waals surface area contributed by atoms with Crippen LogP contribution >= 0.6 is 0 Å². The Morgan fingerprint density at radius 3 is 2.81 bits per heavy atom. The van der Waals surface area contributed by atoms with Crippen LogP contribution in [0.5, 0.6) is 0 Å². The molecule has 1 N–H and O–H groups in total. The SMILES string of the molecule is Cc1cc(C=C(CNC2CC2)C(C)C)c2ccccc2n1. The van der Waals surface area contributed by atoms with Crippen LogP contribution in [0.3, 0.4) is 0 Å². The maximum atomic E-state index is 4.63. The number of hydrogen-bond acceptors (Lipinski definition) is 2. The quantitative estimate of drug-likeness (QED) is 0.881. The lowest BCUT2D eigenvalue weighted by Gasteiger charge is -2.14. The molecule has 21 heavy (non-hydrogen) atoms. The van der Waals surface area contributed by atoms with Gasteiger partial charge >= 0.3 is 0 Å². The van der Waals surface area contributed by atoms with E-state index >= 15 is 0 Å². The van der Waals surface area contributed by atoms with Crippen LogP contribution in [-0.2, 0) is 0 Å². The minimum absolute atomic E-state index is 0.559. The van der Waals surface area contributed by atoms with Crippen LogP contribution in [0.15, 0.2) is 35.9 Å². The molecule has 1 aliphatic rings. The van der Waals surface area contributed by atoms with Crippen molar-refractivity contribution in [3.05, 3.63) is 47.2 Å². The highest BCUT2D eigenvalue weighted by molar-refractivity contribution is 5.88. The standard InChI is InChI=1S/C19H24N2/c1-13(2)16(12-20-17-8-9-17)11-15-10-14(3)21-19-7-5-4-6-18(15)19/h4-7,10-11,13,17,20H,8-9,12H2,1-3H3. The van der Waals surface area contributed by atoms with Crippen molar-refractivity contribution in [2.24, 2.45) is 5.92 Å². The van der Waals surface area contributed by atoms with E-state index in [2.05, 4.69) is 67.5 Å². The van der Waals surface area contributed by atoms with Gasteiger partial charge in [-0.1, -0.05) is 43.7 Å². The Bertz CT molecular complexity index is 666. The molecule has 1 saturated carbocycles. The first-order valence-corrected chi connectivity index (χ1v) is 7.93. The third-order valence-corrected chi connectivity index (χ3v) is 4.13. The predicted molar refractivity (Wildman–Crippen MR) is 90.3 cm³/mol. The number of nitrogens with zero attached hydrogens (tertiary/aromatic N) is 1. The summed E-state index contributed by atoms with van der Waals surface area (Å²) in [6.07, 6.45) is 5.03. The molecule has 0 unspecified atom stereocenters. The van der Waals surface area contributed by atoms with E-state index in [1.165, 1.54) is 29.4 Å². The summed E-state index contributed by atoms with van der Waals surface area (Å²) in [7, 11) is 0. The second-order valence-corrected chi connectivity index (χ2v) is 6.40. The Kier molecular flexibility index (Phi) is 4.07. The van der Waals surface area contributed by atoms with Crippen molar-refractivity contribution < 1.29 is 0 Å². The van der Waals surface area contributed by atoms with Crippen molar-refractivity contribution in [1.82, 2.24) is 10.3 Å². The van der Waals surface area contributed by atoms with Gasteiger partial charge in [-0.25, -0.2) is 0 Å². The summed E-state index contributed by atoms with van der Waals surface area (Å²) in [5.41, 5.74) is 4.93. The van der Waals surface area contributed by atoms with Gasteiger partial charge in [0.1, 0.15) is 0 Å². The van der Waals surface area contributed by atoms with E-state index < -0.39 is 0 Å². The molecule has 0 saturated heterocycles. The number of rotatable bonds is 5. The van der Waals surface area contributed by atoms with Gasteiger partial charge in [0.15, 0.2) is 0 Å². The fourth-order valence-electron chi connectivity index (χ4n) is 2.63. The molecule has 1 aromatic carbocycles. The number of pyridine rings is 1. The van der Waals surface area contributed by atoms with E-state index in [0.29, 0.717) is 5.92 Å². The molecule has 3 rings (SSSR count). The lowest BCUT2D eigenvalue weighted by molar-refractivity contribution is 0.663. The van der Waals surface area contributed by atoms with Crippen LogP contribution < -0.4 is 5.32 Å². The van der Waals surface area contributed by atoms with Crippen LogP contribution in [0, 0.1) is 12.8 Å². The molecule has 0 bridgehead atoms. The highest BCUT2D eigenvalue weighted by atomic mass is 14.9. The van der Waals surface area contributed by atoms with E-state index in [1.54, 1.807) is 0 Å². The van der Waals surface area contributed by atoms with Crippen LogP contribution in [-0.4, -0.2) is 17.6 Å². The highest BCUT2D eigenvalue weighted by Gasteiger charge is 2.20. The average Bonchev–Trinajstić information content (AvgIpc) is 3.26. The number of nitrogens with one attached hydrogen (secondary N) is 1. The van der Waals surface area contributed by atoms with Crippen molar-refractivity contribution in [2.45, 2.75) is 39.7 Å². The van der Waals surface area contributed by atoms with Crippen molar-refractivity contribution in [1.29, 1.82) is 0 Å². The van der Waals surface area contributed by atoms with Crippen LogP contribution in [0.25, 0.3) is 17.0 Å². The fourth-order valence-corrected chi connectivity index (χ4v) is 2.63. The summed E-state index contributed by atoms with van der Waals surface area (Å²) >= 11 is 0. The van der Waals surface area contributed by atoms with Crippen LogP contribution in [0.1, 0.15) is 37.9 Å².